The fraction of sp³-hybridized carbons (Fsp3) is 0.188. The summed E-state index contributed by atoms with van der Waals surface area (Å²) in [5.74, 6) is 0.307. The lowest BCUT2D eigenvalue weighted by molar-refractivity contribution is -0.384. The maximum atomic E-state index is 10.6. The van der Waals surface area contributed by atoms with Crippen LogP contribution in [0.2, 0.25) is 0 Å². The molecule has 0 spiro atoms. The molecule has 0 radical (unpaired) electrons. The van der Waals surface area contributed by atoms with Crippen LogP contribution >= 0.6 is 24.0 Å². The molecule has 0 unspecified atom stereocenters. The zero-order chi connectivity index (χ0) is 16.1. The monoisotopic (exact) mass is 426 g/mol. The third kappa shape index (κ3) is 5.51. The zero-order valence-electron chi connectivity index (χ0n) is 12.9. The van der Waals surface area contributed by atoms with Crippen molar-refractivity contribution in [3.8, 4) is 0 Å². The Bertz CT molecular complexity index is 715. The van der Waals surface area contributed by atoms with E-state index in [1.165, 1.54) is 23.3 Å². The Morgan fingerprint density at radius 2 is 1.83 bits per heavy atom. The second-order valence-corrected chi connectivity index (χ2v) is 5.05. The average Bonchev–Trinajstić information content (AvgIpc) is 2.49. The predicted octanol–water partition coefficient (Wildman–Crippen LogP) is 3.76. The minimum Gasteiger partial charge on any atom is -0.370 e. The number of hydrogen-bond donors (Lipinski definition) is 2. The lowest BCUT2D eigenvalue weighted by Gasteiger charge is -2.08. The molecule has 23 heavy (non-hydrogen) atoms. The lowest BCUT2D eigenvalue weighted by Crippen LogP contribution is -2.22. The first-order valence-corrected chi connectivity index (χ1v) is 6.83. The molecule has 0 heterocycles. The molecule has 0 saturated carbocycles. The number of anilines is 1. The maximum Gasteiger partial charge on any atom is 0.269 e. The number of nitrogens with two attached hydrogens (primary N) is 1. The van der Waals surface area contributed by atoms with Gasteiger partial charge in [-0.3, -0.25) is 10.1 Å². The number of non-ortho nitro benzene ring substituents is 1. The number of nitro benzene ring substituents is 1. The Hall–Kier alpha value is -2.16. The number of aryl methyl sites for hydroxylation is 2. The summed E-state index contributed by atoms with van der Waals surface area (Å²) in [7, 11) is 0. The summed E-state index contributed by atoms with van der Waals surface area (Å²) >= 11 is 0. The van der Waals surface area contributed by atoms with Crippen LogP contribution in [-0.2, 0) is 6.54 Å². The third-order valence-electron chi connectivity index (χ3n) is 3.36. The molecule has 6 nitrogen and oxygen atoms in total. The van der Waals surface area contributed by atoms with E-state index in [2.05, 4.69) is 10.3 Å². The van der Waals surface area contributed by atoms with Crippen LogP contribution in [0.5, 0.6) is 0 Å². The Morgan fingerprint density at radius 3 is 2.39 bits per heavy atom. The third-order valence-corrected chi connectivity index (χ3v) is 3.36. The topological polar surface area (TPSA) is 93.5 Å². The van der Waals surface area contributed by atoms with E-state index in [0.717, 1.165) is 11.3 Å². The molecule has 0 aliphatic carbocycles. The molecule has 0 aliphatic heterocycles. The second kappa shape index (κ2) is 8.47. The normalized spacial score (nSPS) is 10.8. The molecule has 3 N–H and O–H groups in total. The van der Waals surface area contributed by atoms with Gasteiger partial charge < -0.3 is 11.1 Å². The Kier molecular flexibility index (Phi) is 6.95. The molecule has 0 aromatic heterocycles. The van der Waals surface area contributed by atoms with Crippen molar-refractivity contribution in [1.29, 1.82) is 0 Å². The smallest absolute Gasteiger partial charge is 0.269 e. The molecule has 0 bridgehead atoms. The fourth-order valence-corrected chi connectivity index (χ4v) is 1.91. The number of aliphatic imine (C=N–C) groups is 1. The van der Waals surface area contributed by atoms with E-state index >= 15 is 0 Å². The first-order valence-electron chi connectivity index (χ1n) is 6.83. The number of guanidine groups is 1. The van der Waals surface area contributed by atoms with Gasteiger partial charge in [0.1, 0.15) is 0 Å². The predicted molar refractivity (Wildman–Crippen MR) is 103 cm³/mol. The molecular weight excluding hydrogens is 407 g/mol. The fourth-order valence-electron chi connectivity index (χ4n) is 1.91. The molecule has 122 valence electrons. The van der Waals surface area contributed by atoms with E-state index in [9.17, 15) is 10.1 Å². The van der Waals surface area contributed by atoms with Gasteiger partial charge in [0.2, 0.25) is 0 Å². The number of rotatable bonds is 4. The number of benzene rings is 2. The van der Waals surface area contributed by atoms with Gasteiger partial charge in [0, 0.05) is 17.8 Å². The van der Waals surface area contributed by atoms with Crippen molar-refractivity contribution in [2.75, 3.05) is 5.32 Å². The van der Waals surface area contributed by atoms with Crippen molar-refractivity contribution in [2.24, 2.45) is 10.7 Å². The minimum atomic E-state index is -0.428. The largest absolute Gasteiger partial charge is 0.370 e. The van der Waals surface area contributed by atoms with Gasteiger partial charge in [-0.15, -0.1) is 24.0 Å². The van der Waals surface area contributed by atoms with Crippen molar-refractivity contribution in [1.82, 2.24) is 0 Å². The highest BCUT2D eigenvalue weighted by molar-refractivity contribution is 14.0. The molecule has 2 aromatic carbocycles. The van der Waals surface area contributed by atoms with Crippen LogP contribution in [0, 0.1) is 24.0 Å². The van der Waals surface area contributed by atoms with Crippen LogP contribution in [0.4, 0.5) is 11.4 Å². The molecule has 0 saturated heterocycles. The van der Waals surface area contributed by atoms with Crippen molar-refractivity contribution in [2.45, 2.75) is 20.4 Å². The van der Waals surface area contributed by atoms with Crippen LogP contribution in [0.25, 0.3) is 0 Å². The van der Waals surface area contributed by atoms with E-state index in [0.29, 0.717) is 12.5 Å². The van der Waals surface area contributed by atoms with E-state index in [1.807, 2.05) is 32.0 Å². The summed E-state index contributed by atoms with van der Waals surface area (Å²) < 4.78 is 0. The van der Waals surface area contributed by atoms with Crippen LogP contribution in [-0.4, -0.2) is 10.9 Å². The van der Waals surface area contributed by atoms with Crippen molar-refractivity contribution in [3.05, 3.63) is 69.3 Å². The Morgan fingerprint density at radius 1 is 1.17 bits per heavy atom. The van der Waals surface area contributed by atoms with Crippen LogP contribution in [0.15, 0.2) is 47.5 Å². The van der Waals surface area contributed by atoms with E-state index < -0.39 is 4.92 Å². The average molecular weight is 426 g/mol. The van der Waals surface area contributed by atoms with Gasteiger partial charge in [-0.1, -0.05) is 18.2 Å². The van der Waals surface area contributed by atoms with Crippen LogP contribution < -0.4 is 11.1 Å². The molecule has 0 atom stereocenters. The van der Waals surface area contributed by atoms with Gasteiger partial charge in [-0.05, 0) is 42.7 Å². The van der Waals surface area contributed by atoms with Gasteiger partial charge in [-0.25, -0.2) is 4.99 Å². The highest BCUT2D eigenvalue weighted by Crippen LogP contribution is 2.14. The summed E-state index contributed by atoms with van der Waals surface area (Å²) in [5.41, 5.74) is 10.0. The van der Waals surface area contributed by atoms with E-state index in [-0.39, 0.29) is 29.7 Å². The van der Waals surface area contributed by atoms with E-state index in [4.69, 9.17) is 5.73 Å². The second-order valence-electron chi connectivity index (χ2n) is 5.05. The van der Waals surface area contributed by atoms with Gasteiger partial charge >= 0.3 is 0 Å². The summed E-state index contributed by atoms with van der Waals surface area (Å²) in [6.07, 6.45) is 0. The van der Waals surface area contributed by atoms with Crippen molar-refractivity contribution < 1.29 is 4.92 Å². The summed E-state index contributed by atoms with van der Waals surface area (Å²) in [4.78, 5) is 14.4. The summed E-state index contributed by atoms with van der Waals surface area (Å²) in [5, 5.41) is 13.6. The van der Waals surface area contributed by atoms with Gasteiger partial charge in [0.15, 0.2) is 5.96 Å². The SMILES string of the molecule is Cc1ccc(NC(N)=NCc2ccc([N+](=O)[O-])cc2)cc1C.I. The number of hydrogen-bond acceptors (Lipinski definition) is 3. The maximum absolute atomic E-state index is 10.6. The number of nitro groups is 1. The number of nitrogens with zero attached hydrogens (tertiary/aromatic N) is 2. The van der Waals surface area contributed by atoms with Crippen LogP contribution in [0.3, 0.4) is 0 Å². The highest BCUT2D eigenvalue weighted by atomic mass is 127. The summed E-state index contributed by atoms with van der Waals surface area (Å²) in [6.45, 7) is 4.44. The zero-order valence-corrected chi connectivity index (χ0v) is 15.3. The number of nitrogens with one attached hydrogen (secondary N) is 1. The standard InChI is InChI=1S/C16H18N4O2.HI/c1-11-3-6-14(9-12(11)2)19-16(17)18-10-13-4-7-15(8-5-13)20(21)22;/h3-9H,10H2,1-2H3,(H3,17,18,19);1H. The van der Waals surface area contributed by atoms with Crippen molar-refractivity contribution in [3.63, 3.8) is 0 Å². The van der Waals surface area contributed by atoms with Gasteiger partial charge in [0.05, 0.1) is 11.5 Å². The highest BCUT2D eigenvalue weighted by Gasteiger charge is 2.03. The minimum absolute atomic E-state index is 0. The van der Waals surface area contributed by atoms with Gasteiger partial charge in [0.25, 0.3) is 5.69 Å². The molecular formula is C16H19IN4O2. The summed E-state index contributed by atoms with van der Waals surface area (Å²) in [6, 6.07) is 12.2. The number of halogens is 1. The first kappa shape index (κ1) is 18.9. The van der Waals surface area contributed by atoms with Gasteiger partial charge in [-0.2, -0.15) is 0 Å². The quantitative estimate of drug-likeness (QED) is 0.256. The molecule has 0 fully saturated rings. The Labute approximate surface area is 152 Å². The lowest BCUT2D eigenvalue weighted by atomic mass is 10.1. The van der Waals surface area contributed by atoms with Crippen LogP contribution in [0.1, 0.15) is 16.7 Å². The first-order chi connectivity index (χ1) is 10.5. The molecule has 0 aliphatic rings. The van der Waals surface area contributed by atoms with E-state index in [1.54, 1.807) is 12.1 Å². The molecule has 7 heteroatoms. The molecule has 2 aromatic rings. The molecule has 2 rings (SSSR count). The Balaban J connectivity index is 0.00000264. The van der Waals surface area contributed by atoms with Crippen molar-refractivity contribution >= 4 is 41.3 Å². The molecule has 0 amide bonds.